The number of nitrogens with zero attached hydrogens (tertiary/aromatic N) is 4. The van der Waals surface area contributed by atoms with Crippen LogP contribution in [0.1, 0.15) is 32.9 Å². The molecule has 1 N–H and O–H groups in total. The number of benzene rings is 2. The van der Waals surface area contributed by atoms with Gasteiger partial charge in [-0.2, -0.15) is 5.10 Å². The quantitative estimate of drug-likeness (QED) is 0.458. The Hall–Kier alpha value is -3.58. The Kier molecular flexibility index (Phi) is 6.11. The van der Waals surface area contributed by atoms with Crippen molar-refractivity contribution < 1.29 is 9.53 Å². The zero-order valence-electron chi connectivity index (χ0n) is 20.0. The molecule has 0 spiro atoms. The van der Waals surface area contributed by atoms with Gasteiger partial charge in [0.2, 0.25) is 0 Å². The van der Waals surface area contributed by atoms with E-state index in [1.54, 1.807) is 26.1 Å². The van der Waals surface area contributed by atoms with Crippen molar-refractivity contribution >= 4 is 16.8 Å². The molecule has 5 rings (SSSR count). The lowest BCUT2D eigenvalue weighted by atomic mass is 10.0. The van der Waals surface area contributed by atoms with Crippen molar-refractivity contribution in [2.24, 2.45) is 0 Å². The minimum Gasteiger partial charge on any atom is -0.497 e. The summed E-state index contributed by atoms with van der Waals surface area (Å²) in [6.45, 7) is 3.26. The Morgan fingerprint density at radius 1 is 1.15 bits per heavy atom. The van der Waals surface area contributed by atoms with Crippen molar-refractivity contribution in [1.29, 1.82) is 0 Å². The van der Waals surface area contributed by atoms with E-state index in [-0.39, 0.29) is 5.91 Å². The van der Waals surface area contributed by atoms with Gasteiger partial charge in [-0.3, -0.25) is 14.4 Å². The normalized spacial score (nSPS) is 13.7. The number of amides is 1. The molecule has 1 amide bonds. The lowest BCUT2D eigenvalue weighted by Gasteiger charge is -2.27. The predicted octanol–water partition coefficient (Wildman–Crippen LogP) is 3.88. The van der Waals surface area contributed by atoms with Crippen molar-refractivity contribution in [1.82, 2.24) is 24.6 Å². The van der Waals surface area contributed by atoms with Gasteiger partial charge >= 0.3 is 0 Å². The molecule has 0 radical (unpaired) electrons. The number of nitrogens with one attached hydrogen (secondary N) is 1. The summed E-state index contributed by atoms with van der Waals surface area (Å²) >= 11 is 0. The molecule has 0 bridgehead atoms. The first-order chi connectivity index (χ1) is 16.5. The van der Waals surface area contributed by atoms with Crippen LogP contribution in [0.25, 0.3) is 10.9 Å². The summed E-state index contributed by atoms with van der Waals surface area (Å²) in [5, 5.41) is 6.07. The molecule has 0 fully saturated rings. The van der Waals surface area contributed by atoms with Gasteiger partial charge in [-0.15, -0.1) is 0 Å². The fourth-order valence-corrected chi connectivity index (χ4v) is 4.78. The summed E-state index contributed by atoms with van der Waals surface area (Å²) in [5.41, 5.74) is 6.51. The van der Waals surface area contributed by atoms with Crippen LogP contribution in [0.4, 0.5) is 0 Å². The maximum absolute atomic E-state index is 13.0. The summed E-state index contributed by atoms with van der Waals surface area (Å²) in [5.74, 6) is 0.822. The van der Waals surface area contributed by atoms with Crippen LogP contribution in [0.15, 0.2) is 54.7 Å². The van der Waals surface area contributed by atoms with Gasteiger partial charge in [0.05, 0.1) is 7.11 Å². The third-order valence-electron chi connectivity index (χ3n) is 6.66. The largest absolute Gasteiger partial charge is 0.497 e. The molecule has 0 saturated heterocycles. The molecule has 176 valence electrons. The second-order valence-electron chi connectivity index (χ2n) is 9.11. The molecule has 34 heavy (non-hydrogen) atoms. The van der Waals surface area contributed by atoms with Gasteiger partial charge in [0.25, 0.3) is 5.91 Å². The van der Waals surface area contributed by atoms with Crippen LogP contribution in [0.2, 0.25) is 0 Å². The van der Waals surface area contributed by atoms with Gasteiger partial charge < -0.3 is 14.6 Å². The van der Waals surface area contributed by atoms with Crippen molar-refractivity contribution in [3.05, 3.63) is 82.8 Å². The summed E-state index contributed by atoms with van der Waals surface area (Å²) in [6, 6.07) is 16.5. The minimum absolute atomic E-state index is 0.0339. The number of aromatic amines is 1. The monoisotopic (exact) mass is 457 g/mol. The standard InChI is InChI=1S/C27H31N5O2/c1-30(2)27(33)26-23-18-31(17-20-16-28-24-7-5-4-6-22(20)24)14-13-25(23)32(29-26)15-12-19-8-10-21(34-3)11-9-19/h4-11,16,28H,12-15,17-18H2,1-3H3. The van der Waals surface area contributed by atoms with Gasteiger partial charge in [-0.05, 0) is 35.7 Å². The van der Waals surface area contributed by atoms with Crippen molar-refractivity contribution in [3.63, 3.8) is 0 Å². The van der Waals surface area contributed by atoms with Gasteiger partial charge in [-0.1, -0.05) is 30.3 Å². The summed E-state index contributed by atoms with van der Waals surface area (Å²) in [7, 11) is 5.26. The van der Waals surface area contributed by atoms with E-state index in [1.807, 2.05) is 12.1 Å². The Morgan fingerprint density at radius 3 is 2.71 bits per heavy atom. The zero-order valence-corrected chi connectivity index (χ0v) is 20.0. The lowest BCUT2D eigenvalue weighted by Crippen LogP contribution is -2.32. The van der Waals surface area contributed by atoms with Crippen LogP contribution >= 0.6 is 0 Å². The van der Waals surface area contributed by atoms with Crippen LogP contribution in [0.3, 0.4) is 0 Å². The van der Waals surface area contributed by atoms with Crippen LogP contribution in [-0.4, -0.2) is 58.2 Å². The highest BCUT2D eigenvalue weighted by atomic mass is 16.5. The molecule has 0 unspecified atom stereocenters. The second-order valence-corrected chi connectivity index (χ2v) is 9.11. The number of ether oxygens (including phenoxy) is 1. The van der Waals surface area contributed by atoms with Crippen LogP contribution < -0.4 is 4.74 Å². The van der Waals surface area contributed by atoms with Gasteiger partial charge in [0, 0.05) is 75.1 Å². The van der Waals surface area contributed by atoms with Gasteiger partial charge in [-0.25, -0.2) is 0 Å². The molecule has 0 atom stereocenters. The molecule has 7 nitrogen and oxygen atoms in total. The number of aryl methyl sites for hydroxylation is 2. The van der Waals surface area contributed by atoms with E-state index >= 15 is 0 Å². The smallest absolute Gasteiger partial charge is 0.274 e. The number of hydrogen-bond donors (Lipinski definition) is 1. The number of hydrogen-bond acceptors (Lipinski definition) is 4. The molecule has 2 aromatic heterocycles. The topological polar surface area (TPSA) is 66.4 Å². The molecular formula is C27H31N5O2. The van der Waals surface area contributed by atoms with Crippen LogP contribution in [-0.2, 0) is 32.5 Å². The minimum atomic E-state index is -0.0339. The number of rotatable bonds is 7. The van der Waals surface area contributed by atoms with E-state index < -0.39 is 0 Å². The number of aromatic nitrogens is 3. The van der Waals surface area contributed by atoms with E-state index in [0.29, 0.717) is 5.69 Å². The van der Waals surface area contributed by atoms with Crippen molar-refractivity contribution in [2.75, 3.05) is 27.7 Å². The number of carbonyl (C=O) groups is 1. The maximum atomic E-state index is 13.0. The zero-order chi connectivity index (χ0) is 23.7. The highest BCUT2D eigenvalue weighted by Crippen LogP contribution is 2.27. The molecule has 0 aliphatic carbocycles. The molecule has 1 aliphatic rings. The summed E-state index contributed by atoms with van der Waals surface area (Å²) in [6.07, 6.45) is 3.84. The molecule has 4 aromatic rings. The van der Waals surface area contributed by atoms with E-state index in [1.165, 1.54) is 22.2 Å². The van der Waals surface area contributed by atoms with Crippen molar-refractivity contribution in [3.8, 4) is 5.75 Å². The highest BCUT2D eigenvalue weighted by Gasteiger charge is 2.29. The molecular weight excluding hydrogens is 426 g/mol. The second kappa shape index (κ2) is 9.35. The van der Waals surface area contributed by atoms with Crippen LogP contribution in [0.5, 0.6) is 5.75 Å². The average Bonchev–Trinajstić information content (AvgIpc) is 3.44. The Bertz CT molecular complexity index is 1300. The number of fused-ring (bicyclic) bond motifs is 2. The first-order valence-electron chi connectivity index (χ1n) is 11.7. The Balaban J connectivity index is 1.38. The van der Waals surface area contributed by atoms with E-state index in [0.717, 1.165) is 55.9 Å². The molecule has 3 heterocycles. The predicted molar refractivity (Wildman–Crippen MR) is 133 cm³/mol. The van der Waals surface area contributed by atoms with E-state index in [9.17, 15) is 4.79 Å². The van der Waals surface area contributed by atoms with Crippen molar-refractivity contribution in [2.45, 2.75) is 32.5 Å². The van der Waals surface area contributed by atoms with E-state index in [4.69, 9.17) is 9.84 Å². The lowest BCUT2D eigenvalue weighted by molar-refractivity contribution is 0.0818. The fourth-order valence-electron chi connectivity index (χ4n) is 4.78. The first-order valence-corrected chi connectivity index (χ1v) is 11.7. The molecule has 2 aromatic carbocycles. The highest BCUT2D eigenvalue weighted by molar-refractivity contribution is 5.93. The number of carbonyl (C=O) groups excluding carboxylic acids is 1. The molecule has 7 heteroatoms. The average molecular weight is 458 g/mol. The summed E-state index contributed by atoms with van der Waals surface area (Å²) < 4.78 is 7.32. The van der Waals surface area contributed by atoms with Gasteiger partial charge in [0.15, 0.2) is 5.69 Å². The fraction of sp³-hybridized carbons (Fsp3) is 0.333. The van der Waals surface area contributed by atoms with Crippen LogP contribution in [0, 0.1) is 0 Å². The Morgan fingerprint density at radius 2 is 1.94 bits per heavy atom. The Labute approximate surface area is 199 Å². The summed E-state index contributed by atoms with van der Waals surface area (Å²) in [4.78, 5) is 20.4. The third kappa shape index (κ3) is 4.31. The van der Waals surface area contributed by atoms with Gasteiger partial charge in [0.1, 0.15) is 5.75 Å². The number of H-pyrrole nitrogens is 1. The molecule has 0 saturated carbocycles. The third-order valence-corrected chi connectivity index (χ3v) is 6.66. The number of methoxy groups -OCH3 is 1. The number of para-hydroxylation sites is 1. The molecule has 1 aliphatic heterocycles. The maximum Gasteiger partial charge on any atom is 0.274 e. The van der Waals surface area contributed by atoms with E-state index in [2.05, 4.69) is 57.2 Å². The SMILES string of the molecule is COc1ccc(CCn2nc(C(=O)N(C)C)c3c2CCN(Cc2c[nH]c4ccccc24)C3)cc1. The first kappa shape index (κ1) is 22.2.